The largest absolute Gasteiger partial charge is 0.573 e. The number of hydrogen-bond donors (Lipinski definition) is 1. The van der Waals surface area contributed by atoms with Crippen molar-refractivity contribution in [1.29, 1.82) is 0 Å². The molecule has 0 unspecified atom stereocenters. The van der Waals surface area contributed by atoms with Crippen LogP contribution in [0.2, 0.25) is 0 Å². The molecule has 1 aliphatic carbocycles. The highest BCUT2D eigenvalue weighted by molar-refractivity contribution is 7.95. The summed E-state index contributed by atoms with van der Waals surface area (Å²) in [7, 11) is -3.92. The summed E-state index contributed by atoms with van der Waals surface area (Å²) in [5.41, 5.74) is 1.68. The van der Waals surface area contributed by atoms with Crippen LogP contribution in [-0.4, -0.2) is 32.0 Å². The first kappa shape index (κ1) is 19.6. The SMILES string of the molecule is Cc1ccc(N2C[C@@H]3C[C@@]3(C(=O)Nc3ccc(OC(F)(F)F)cc3)S2(=O)=O)cc1. The fourth-order valence-electron chi connectivity index (χ4n) is 3.66. The number of anilines is 2. The number of rotatable bonds is 4. The lowest BCUT2D eigenvalue weighted by Gasteiger charge is -2.23. The monoisotopic (exact) mass is 426 g/mol. The van der Waals surface area contributed by atoms with Crippen molar-refractivity contribution in [2.24, 2.45) is 5.92 Å². The van der Waals surface area contributed by atoms with Crippen LogP contribution in [0.15, 0.2) is 48.5 Å². The number of carbonyl (C=O) groups is 1. The molecule has 1 saturated heterocycles. The molecule has 0 bridgehead atoms. The summed E-state index contributed by atoms with van der Waals surface area (Å²) < 4.78 is 66.4. The van der Waals surface area contributed by atoms with E-state index in [1.165, 1.54) is 16.4 Å². The average molecular weight is 426 g/mol. The number of ether oxygens (including phenoxy) is 1. The topological polar surface area (TPSA) is 75.7 Å². The van der Waals surface area contributed by atoms with Crippen molar-refractivity contribution in [3.05, 3.63) is 54.1 Å². The molecule has 0 spiro atoms. The van der Waals surface area contributed by atoms with Crippen LogP contribution in [-0.2, 0) is 14.8 Å². The number of amides is 1. The van der Waals surface area contributed by atoms with Gasteiger partial charge in [0.1, 0.15) is 5.75 Å². The molecule has 2 atom stereocenters. The molecule has 0 radical (unpaired) electrons. The van der Waals surface area contributed by atoms with Crippen molar-refractivity contribution < 1.29 is 31.1 Å². The van der Waals surface area contributed by atoms with Gasteiger partial charge in [0.2, 0.25) is 15.9 Å². The van der Waals surface area contributed by atoms with E-state index in [0.29, 0.717) is 5.69 Å². The molecule has 2 aromatic carbocycles. The number of nitrogens with one attached hydrogen (secondary N) is 1. The van der Waals surface area contributed by atoms with Gasteiger partial charge in [-0.2, -0.15) is 0 Å². The second-order valence-corrected chi connectivity index (χ2v) is 9.31. The van der Waals surface area contributed by atoms with Crippen molar-refractivity contribution in [2.75, 3.05) is 16.2 Å². The number of fused-ring (bicyclic) bond motifs is 1. The average Bonchev–Trinajstić information content (AvgIpc) is 3.32. The minimum absolute atomic E-state index is 0.188. The normalized spacial score (nSPS) is 24.7. The molecule has 2 aromatic rings. The molecule has 2 aliphatic rings. The first-order chi connectivity index (χ1) is 13.5. The molecular formula is C19H17F3N2O4S. The smallest absolute Gasteiger partial charge is 0.406 e. The number of halogens is 3. The van der Waals surface area contributed by atoms with Gasteiger partial charge in [-0.1, -0.05) is 17.7 Å². The summed E-state index contributed by atoms with van der Waals surface area (Å²) in [6.07, 6.45) is -4.60. The molecule has 4 rings (SSSR count). The first-order valence-electron chi connectivity index (χ1n) is 8.79. The third-order valence-corrected chi connectivity index (χ3v) is 7.78. The van der Waals surface area contributed by atoms with Gasteiger partial charge in [0.25, 0.3) is 0 Å². The maximum Gasteiger partial charge on any atom is 0.573 e. The second-order valence-electron chi connectivity index (χ2n) is 7.19. The van der Waals surface area contributed by atoms with Gasteiger partial charge in [-0.25, -0.2) is 8.42 Å². The lowest BCUT2D eigenvalue weighted by atomic mass is 10.2. The molecule has 1 amide bonds. The summed E-state index contributed by atoms with van der Waals surface area (Å²) in [6.45, 7) is 2.11. The fraction of sp³-hybridized carbons (Fsp3) is 0.316. The van der Waals surface area contributed by atoms with Crippen molar-refractivity contribution in [3.8, 4) is 5.75 Å². The van der Waals surface area contributed by atoms with Gasteiger partial charge in [0, 0.05) is 18.2 Å². The van der Waals surface area contributed by atoms with Crippen LogP contribution in [0, 0.1) is 12.8 Å². The van der Waals surface area contributed by atoms with Crippen LogP contribution in [0.25, 0.3) is 0 Å². The highest BCUT2D eigenvalue weighted by Gasteiger charge is 2.75. The molecule has 1 aliphatic heterocycles. The van der Waals surface area contributed by atoms with Crippen LogP contribution in [0.3, 0.4) is 0 Å². The molecule has 29 heavy (non-hydrogen) atoms. The Bertz CT molecular complexity index is 1050. The molecule has 2 fully saturated rings. The van der Waals surface area contributed by atoms with E-state index in [4.69, 9.17) is 0 Å². The molecule has 1 saturated carbocycles. The van der Waals surface area contributed by atoms with Gasteiger partial charge in [-0.15, -0.1) is 13.2 Å². The third kappa shape index (κ3) is 3.31. The summed E-state index contributed by atoms with van der Waals surface area (Å²) in [5, 5.41) is 2.51. The Kier molecular flexibility index (Phi) is 4.30. The van der Waals surface area contributed by atoms with E-state index in [9.17, 15) is 26.4 Å². The molecule has 0 aromatic heterocycles. The lowest BCUT2D eigenvalue weighted by molar-refractivity contribution is -0.274. The van der Waals surface area contributed by atoms with Gasteiger partial charge < -0.3 is 10.1 Å². The minimum atomic E-state index is -4.82. The van der Waals surface area contributed by atoms with Crippen molar-refractivity contribution in [2.45, 2.75) is 24.5 Å². The van der Waals surface area contributed by atoms with Gasteiger partial charge >= 0.3 is 6.36 Å². The van der Waals surface area contributed by atoms with Gasteiger partial charge in [0.05, 0.1) is 5.69 Å². The van der Waals surface area contributed by atoms with Crippen molar-refractivity contribution in [1.82, 2.24) is 0 Å². The Labute approximate surface area is 165 Å². The van der Waals surface area contributed by atoms with Crippen LogP contribution in [0.4, 0.5) is 24.5 Å². The number of alkyl halides is 3. The number of sulfonamides is 1. The predicted octanol–water partition coefficient (Wildman–Crippen LogP) is 3.44. The zero-order valence-electron chi connectivity index (χ0n) is 15.2. The Morgan fingerprint density at radius 1 is 1.14 bits per heavy atom. The van der Waals surface area contributed by atoms with Crippen LogP contribution in [0.5, 0.6) is 5.75 Å². The Balaban J connectivity index is 1.51. The summed E-state index contributed by atoms with van der Waals surface area (Å²) >= 11 is 0. The number of aryl methyl sites for hydroxylation is 1. The van der Waals surface area contributed by atoms with E-state index >= 15 is 0 Å². The summed E-state index contributed by atoms with van der Waals surface area (Å²) in [5.74, 6) is -1.44. The van der Waals surface area contributed by atoms with E-state index in [0.717, 1.165) is 17.7 Å². The molecule has 1 N–H and O–H groups in total. The zero-order valence-corrected chi connectivity index (χ0v) is 16.0. The number of carbonyl (C=O) groups excluding carboxylic acids is 1. The maximum absolute atomic E-state index is 13.1. The third-order valence-electron chi connectivity index (χ3n) is 5.24. The number of hydrogen-bond acceptors (Lipinski definition) is 4. The fourth-order valence-corrected chi connectivity index (χ4v) is 6.02. The molecule has 154 valence electrons. The van der Waals surface area contributed by atoms with Crippen LogP contribution < -0.4 is 14.4 Å². The van der Waals surface area contributed by atoms with Gasteiger partial charge in [-0.3, -0.25) is 9.10 Å². The van der Waals surface area contributed by atoms with E-state index in [2.05, 4.69) is 10.1 Å². The molecule has 6 nitrogen and oxygen atoms in total. The van der Waals surface area contributed by atoms with Gasteiger partial charge in [0.15, 0.2) is 4.75 Å². The summed E-state index contributed by atoms with van der Waals surface area (Å²) in [6, 6.07) is 11.5. The highest BCUT2D eigenvalue weighted by Crippen LogP contribution is 2.58. The molecule has 10 heteroatoms. The quantitative estimate of drug-likeness (QED) is 0.813. The second kappa shape index (κ2) is 6.38. The van der Waals surface area contributed by atoms with E-state index < -0.39 is 32.8 Å². The Morgan fingerprint density at radius 2 is 1.76 bits per heavy atom. The standard InChI is InChI=1S/C19H17F3N2O4S/c1-12-2-6-15(7-3-12)24-11-13-10-18(13,29(24,26)27)17(25)23-14-4-8-16(9-5-14)28-19(20,21)22/h2-9,13H,10-11H2,1H3,(H,23,25)/t13-,18+/m0/s1. The lowest BCUT2D eigenvalue weighted by Crippen LogP contribution is -2.42. The van der Waals surface area contributed by atoms with Crippen LogP contribution in [0.1, 0.15) is 12.0 Å². The zero-order chi connectivity index (χ0) is 21.0. The minimum Gasteiger partial charge on any atom is -0.406 e. The summed E-state index contributed by atoms with van der Waals surface area (Å²) in [4.78, 5) is 12.8. The van der Waals surface area contributed by atoms with E-state index in [1.807, 2.05) is 6.92 Å². The number of benzene rings is 2. The van der Waals surface area contributed by atoms with Crippen molar-refractivity contribution in [3.63, 3.8) is 0 Å². The van der Waals surface area contributed by atoms with Gasteiger partial charge in [-0.05, 0) is 49.7 Å². The maximum atomic E-state index is 13.1. The van der Waals surface area contributed by atoms with Crippen molar-refractivity contribution >= 4 is 27.3 Å². The number of nitrogens with zero attached hydrogens (tertiary/aromatic N) is 1. The Morgan fingerprint density at radius 3 is 2.34 bits per heavy atom. The van der Waals surface area contributed by atoms with E-state index in [1.54, 1.807) is 24.3 Å². The highest BCUT2D eigenvalue weighted by atomic mass is 32.2. The Hall–Kier alpha value is -2.75. The molecule has 1 heterocycles. The van der Waals surface area contributed by atoms with E-state index in [-0.39, 0.29) is 24.6 Å². The molecular weight excluding hydrogens is 409 g/mol. The predicted molar refractivity (Wildman–Crippen MR) is 100 cm³/mol. The van der Waals surface area contributed by atoms with Crippen LogP contribution >= 0.6 is 0 Å². The first-order valence-corrected chi connectivity index (χ1v) is 10.2.